The fourth-order valence-electron chi connectivity index (χ4n) is 4.46. The van der Waals surface area contributed by atoms with Crippen LogP contribution in [0.5, 0.6) is 0 Å². The predicted molar refractivity (Wildman–Crippen MR) is 133 cm³/mol. The number of aliphatic hydroxyl groups excluding tert-OH is 1. The molecule has 0 aliphatic carbocycles. The van der Waals surface area contributed by atoms with Gasteiger partial charge in [-0.15, -0.1) is 0 Å². The first kappa shape index (κ1) is 24.0. The molecule has 0 amide bonds. The van der Waals surface area contributed by atoms with Crippen LogP contribution in [-0.2, 0) is 10.0 Å². The summed E-state index contributed by atoms with van der Waals surface area (Å²) in [7, 11) is -3.77. The van der Waals surface area contributed by atoms with E-state index in [-0.39, 0.29) is 17.9 Å². The zero-order chi connectivity index (χ0) is 23.6. The van der Waals surface area contributed by atoms with Crippen LogP contribution < -0.4 is 4.90 Å². The number of aliphatic hydroxyl groups is 1. The molecule has 1 aliphatic rings. The number of nitrogens with zero attached hydrogens (tertiary/aromatic N) is 2. The van der Waals surface area contributed by atoms with Crippen LogP contribution in [0, 0.1) is 0 Å². The van der Waals surface area contributed by atoms with E-state index in [9.17, 15) is 13.5 Å². The SMILES string of the molecule is CC1(CC(O)c2ccccc2)CN(c2ccc(Cl)c(Cl)c2)CCN1S(=O)(=O)c1ccccc1. The molecule has 1 aliphatic heterocycles. The summed E-state index contributed by atoms with van der Waals surface area (Å²) >= 11 is 12.3. The van der Waals surface area contributed by atoms with Crippen LogP contribution in [0.15, 0.2) is 83.8 Å². The molecule has 1 N–H and O–H groups in total. The van der Waals surface area contributed by atoms with Gasteiger partial charge in [0.15, 0.2) is 0 Å². The molecule has 3 aromatic rings. The topological polar surface area (TPSA) is 60.9 Å². The molecule has 2 unspecified atom stereocenters. The number of anilines is 1. The van der Waals surface area contributed by atoms with Crippen LogP contribution in [0.25, 0.3) is 0 Å². The molecule has 0 radical (unpaired) electrons. The van der Waals surface area contributed by atoms with Crippen molar-refractivity contribution >= 4 is 38.9 Å². The summed E-state index contributed by atoms with van der Waals surface area (Å²) in [5, 5.41) is 12.0. The molecule has 4 rings (SSSR count). The first-order chi connectivity index (χ1) is 15.7. The summed E-state index contributed by atoms with van der Waals surface area (Å²) in [6.45, 7) is 3.04. The number of rotatable bonds is 6. The van der Waals surface area contributed by atoms with Gasteiger partial charge in [0.05, 0.1) is 26.6 Å². The lowest BCUT2D eigenvalue weighted by molar-refractivity contribution is 0.0806. The largest absolute Gasteiger partial charge is 0.388 e. The first-order valence-electron chi connectivity index (χ1n) is 10.7. The van der Waals surface area contributed by atoms with Gasteiger partial charge in [0.2, 0.25) is 10.0 Å². The van der Waals surface area contributed by atoms with Gasteiger partial charge in [-0.25, -0.2) is 8.42 Å². The van der Waals surface area contributed by atoms with E-state index in [1.165, 1.54) is 4.31 Å². The number of hydrogen-bond donors (Lipinski definition) is 1. The second-order valence-corrected chi connectivity index (χ2v) is 11.2. The van der Waals surface area contributed by atoms with Gasteiger partial charge in [-0.05, 0) is 49.2 Å². The fourth-order valence-corrected chi connectivity index (χ4v) is 6.54. The Morgan fingerprint density at radius 3 is 2.21 bits per heavy atom. The predicted octanol–water partition coefficient (Wildman–Crippen LogP) is 5.39. The molecular formula is C25H26Cl2N2O3S. The number of sulfonamides is 1. The van der Waals surface area contributed by atoms with Crippen LogP contribution >= 0.6 is 23.2 Å². The third-order valence-electron chi connectivity index (χ3n) is 6.12. The highest BCUT2D eigenvalue weighted by Crippen LogP contribution is 2.38. The van der Waals surface area contributed by atoms with Crippen molar-refractivity contribution in [3.8, 4) is 0 Å². The Labute approximate surface area is 205 Å². The molecular weight excluding hydrogens is 479 g/mol. The number of hydrogen-bond acceptors (Lipinski definition) is 4. The maximum Gasteiger partial charge on any atom is 0.243 e. The monoisotopic (exact) mass is 504 g/mol. The summed E-state index contributed by atoms with van der Waals surface area (Å²) in [6.07, 6.45) is -0.584. The lowest BCUT2D eigenvalue weighted by Gasteiger charge is -2.49. The van der Waals surface area contributed by atoms with Gasteiger partial charge in [0.25, 0.3) is 0 Å². The molecule has 2 atom stereocenters. The van der Waals surface area contributed by atoms with Crippen LogP contribution in [0.4, 0.5) is 5.69 Å². The maximum absolute atomic E-state index is 13.7. The standard InChI is InChI=1S/C25H26Cl2N2O3S/c1-25(17-24(30)19-8-4-2-5-9-19)18-28(20-12-13-22(26)23(27)16-20)14-15-29(25)33(31,32)21-10-6-3-7-11-21/h2-13,16,24,30H,14-15,17-18H2,1H3. The van der Waals surface area contributed by atoms with Crippen LogP contribution in [0.1, 0.15) is 25.0 Å². The fraction of sp³-hybridized carbons (Fsp3) is 0.280. The Balaban J connectivity index is 1.71. The van der Waals surface area contributed by atoms with Crippen LogP contribution in [-0.4, -0.2) is 43.0 Å². The van der Waals surface area contributed by atoms with Crippen molar-refractivity contribution in [2.75, 3.05) is 24.5 Å². The second kappa shape index (κ2) is 9.65. The Morgan fingerprint density at radius 2 is 1.58 bits per heavy atom. The number of benzene rings is 3. The second-order valence-electron chi connectivity index (χ2n) is 8.54. The maximum atomic E-state index is 13.7. The van der Waals surface area contributed by atoms with Gasteiger partial charge in [-0.3, -0.25) is 0 Å². The van der Waals surface area contributed by atoms with E-state index >= 15 is 0 Å². The van der Waals surface area contributed by atoms with Crippen molar-refractivity contribution in [3.63, 3.8) is 0 Å². The molecule has 33 heavy (non-hydrogen) atoms. The third-order valence-corrected chi connectivity index (χ3v) is 8.93. The number of halogens is 2. The average molecular weight is 505 g/mol. The number of piperazine rings is 1. The highest BCUT2D eigenvalue weighted by atomic mass is 35.5. The Hall–Kier alpha value is -2.09. The van der Waals surface area contributed by atoms with E-state index in [4.69, 9.17) is 23.2 Å². The van der Waals surface area contributed by atoms with E-state index in [2.05, 4.69) is 4.90 Å². The molecule has 0 spiro atoms. The normalized spacial score (nSPS) is 20.5. The van der Waals surface area contributed by atoms with E-state index in [0.29, 0.717) is 23.1 Å². The minimum atomic E-state index is -3.77. The van der Waals surface area contributed by atoms with E-state index in [1.807, 2.05) is 43.3 Å². The molecule has 0 aromatic heterocycles. The summed E-state index contributed by atoms with van der Waals surface area (Å²) in [5.41, 5.74) is 0.734. The van der Waals surface area contributed by atoms with Crippen LogP contribution in [0.2, 0.25) is 10.0 Å². The Kier molecular flexibility index (Phi) is 7.03. The van der Waals surface area contributed by atoms with Crippen LogP contribution in [0.3, 0.4) is 0 Å². The van der Waals surface area contributed by atoms with Crippen molar-refractivity contribution in [1.82, 2.24) is 4.31 Å². The van der Waals surface area contributed by atoms with E-state index in [1.54, 1.807) is 42.5 Å². The van der Waals surface area contributed by atoms with Crippen molar-refractivity contribution in [2.24, 2.45) is 0 Å². The summed E-state index contributed by atoms with van der Waals surface area (Å²) in [5.74, 6) is 0. The summed E-state index contributed by atoms with van der Waals surface area (Å²) < 4.78 is 28.8. The molecule has 3 aromatic carbocycles. The van der Waals surface area contributed by atoms with Crippen molar-refractivity contribution < 1.29 is 13.5 Å². The zero-order valence-corrected chi connectivity index (χ0v) is 20.6. The lowest BCUT2D eigenvalue weighted by atomic mass is 9.88. The summed E-state index contributed by atoms with van der Waals surface area (Å²) in [4.78, 5) is 2.34. The molecule has 8 heteroatoms. The van der Waals surface area contributed by atoms with Gasteiger partial charge in [0, 0.05) is 25.3 Å². The molecule has 174 valence electrons. The first-order valence-corrected chi connectivity index (χ1v) is 12.9. The van der Waals surface area contributed by atoms with Crippen molar-refractivity contribution in [3.05, 3.63) is 94.5 Å². The van der Waals surface area contributed by atoms with Gasteiger partial charge in [-0.2, -0.15) is 4.31 Å². The average Bonchev–Trinajstić information content (AvgIpc) is 2.81. The van der Waals surface area contributed by atoms with Gasteiger partial charge < -0.3 is 10.0 Å². The third kappa shape index (κ3) is 5.05. The van der Waals surface area contributed by atoms with Gasteiger partial charge in [-0.1, -0.05) is 71.7 Å². The molecule has 1 saturated heterocycles. The smallest absolute Gasteiger partial charge is 0.243 e. The Bertz CT molecular complexity index is 1210. The highest BCUT2D eigenvalue weighted by molar-refractivity contribution is 7.89. The van der Waals surface area contributed by atoms with E-state index < -0.39 is 21.7 Å². The lowest BCUT2D eigenvalue weighted by Crippen LogP contribution is -2.63. The molecule has 0 saturated carbocycles. The zero-order valence-electron chi connectivity index (χ0n) is 18.2. The molecule has 5 nitrogen and oxygen atoms in total. The minimum absolute atomic E-state index is 0.237. The Morgan fingerprint density at radius 1 is 0.939 bits per heavy atom. The quantitative estimate of drug-likeness (QED) is 0.488. The van der Waals surface area contributed by atoms with Gasteiger partial charge in [0.1, 0.15) is 0 Å². The van der Waals surface area contributed by atoms with Crippen molar-refractivity contribution in [1.29, 1.82) is 0 Å². The minimum Gasteiger partial charge on any atom is -0.388 e. The van der Waals surface area contributed by atoms with Gasteiger partial charge >= 0.3 is 0 Å². The molecule has 0 bridgehead atoms. The van der Waals surface area contributed by atoms with E-state index in [0.717, 1.165) is 11.3 Å². The molecule has 1 heterocycles. The molecule has 1 fully saturated rings. The highest BCUT2D eigenvalue weighted by Gasteiger charge is 2.46. The van der Waals surface area contributed by atoms with Crippen molar-refractivity contribution in [2.45, 2.75) is 29.9 Å². The summed E-state index contributed by atoms with van der Waals surface area (Å²) in [6, 6.07) is 23.2.